The predicted octanol–water partition coefficient (Wildman–Crippen LogP) is -0.318. The summed E-state index contributed by atoms with van der Waals surface area (Å²) in [6.45, 7) is 0.654. The highest BCUT2D eigenvalue weighted by atomic mass is 16.5. The molecule has 4 unspecified atom stereocenters. The number of nitrogens with one attached hydrogen (secondary N) is 1. The van der Waals surface area contributed by atoms with Crippen LogP contribution in [0.25, 0.3) is 10.8 Å². The summed E-state index contributed by atoms with van der Waals surface area (Å²) < 4.78 is 5.74. The van der Waals surface area contributed by atoms with E-state index in [1.165, 1.54) is 0 Å². The molecular formula is C18H22NO5+. The van der Waals surface area contributed by atoms with Gasteiger partial charge >= 0.3 is 5.97 Å². The summed E-state index contributed by atoms with van der Waals surface area (Å²) in [4.78, 5) is 11.9. The van der Waals surface area contributed by atoms with Crippen LogP contribution in [0.2, 0.25) is 0 Å². The van der Waals surface area contributed by atoms with Crippen molar-refractivity contribution < 1.29 is 29.8 Å². The summed E-state index contributed by atoms with van der Waals surface area (Å²) in [5, 5.41) is 31.1. The lowest BCUT2D eigenvalue weighted by Crippen LogP contribution is -3.16. The number of quaternary nitrogens is 1. The fourth-order valence-corrected chi connectivity index (χ4v) is 3.34. The van der Waals surface area contributed by atoms with Crippen molar-refractivity contribution in [2.24, 2.45) is 0 Å². The number of hydrogen-bond acceptors (Lipinski definition) is 4. The van der Waals surface area contributed by atoms with E-state index in [1.807, 2.05) is 42.5 Å². The molecule has 128 valence electrons. The molecule has 0 radical (unpaired) electrons. The summed E-state index contributed by atoms with van der Waals surface area (Å²) in [5.74, 6) is -0.248. The molecule has 6 heteroatoms. The van der Waals surface area contributed by atoms with Crippen molar-refractivity contribution in [3.05, 3.63) is 42.5 Å². The lowest BCUT2D eigenvalue weighted by atomic mass is 10.1. The second-order valence-electron chi connectivity index (χ2n) is 6.29. The Balaban J connectivity index is 1.61. The van der Waals surface area contributed by atoms with Gasteiger partial charge in [0, 0.05) is 11.8 Å². The minimum atomic E-state index is -0.941. The Hall–Kier alpha value is -2.15. The Morgan fingerprint density at radius 1 is 1.25 bits per heavy atom. The Kier molecular flexibility index (Phi) is 4.99. The van der Waals surface area contributed by atoms with Gasteiger partial charge in [-0.2, -0.15) is 0 Å². The van der Waals surface area contributed by atoms with Gasteiger partial charge in [0.15, 0.2) is 6.04 Å². The Bertz CT molecular complexity index is 714. The lowest BCUT2D eigenvalue weighted by Gasteiger charge is -2.21. The van der Waals surface area contributed by atoms with E-state index in [4.69, 9.17) is 4.74 Å². The number of hydrogen-bond donors (Lipinski definition) is 4. The quantitative estimate of drug-likeness (QED) is 0.582. The van der Waals surface area contributed by atoms with Crippen LogP contribution < -0.4 is 9.64 Å². The molecule has 0 aromatic heterocycles. The summed E-state index contributed by atoms with van der Waals surface area (Å²) >= 11 is 0. The van der Waals surface area contributed by atoms with E-state index >= 15 is 0 Å². The Labute approximate surface area is 139 Å². The first-order valence-electron chi connectivity index (χ1n) is 8.08. The van der Waals surface area contributed by atoms with Crippen LogP contribution in [0.4, 0.5) is 0 Å². The van der Waals surface area contributed by atoms with Crippen LogP contribution in [0.5, 0.6) is 5.75 Å². The highest BCUT2D eigenvalue weighted by Gasteiger charge is 2.40. The molecule has 2 aromatic rings. The maximum atomic E-state index is 11.2. The number of carbonyl (C=O) groups is 1. The van der Waals surface area contributed by atoms with Gasteiger partial charge in [0.05, 0.1) is 0 Å². The predicted molar refractivity (Wildman–Crippen MR) is 88.2 cm³/mol. The van der Waals surface area contributed by atoms with Crippen molar-refractivity contribution in [1.82, 2.24) is 0 Å². The maximum absolute atomic E-state index is 11.2. The molecule has 4 atom stereocenters. The molecule has 0 spiro atoms. The van der Waals surface area contributed by atoms with E-state index in [2.05, 4.69) is 0 Å². The minimum Gasteiger partial charge on any atom is -0.490 e. The first-order valence-corrected chi connectivity index (χ1v) is 8.08. The minimum absolute atomic E-state index is 0.0833. The van der Waals surface area contributed by atoms with Gasteiger partial charge in [-0.3, -0.25) is 0 Å². The van der Waals surface area contributed by atoms with Crippen LogP contribution in [-0.4, -0.2) is 59.2 Å². The van der Waals surface area contributed by atoms with Gasteiger partial charge in [-0.25, -0.2) is 4.79 Å². The average molecular weight is 332 g/mol. The largest absolute Gasteiger partial charge is 0.490 e. The molecule has 0 bridgehead atoms. The van der Waals surface area contributed by atoms with Gasteiger partial charge < -0.3 is 25.0 Å². The molecule has 24 heavy (non-hydrogen) atoms. The standard InChI is InChI=1S/C18H21NO5/c20-13-8-16(18(22)23)19(9-13)10-14(21)11-24-17-7-3-5-12-4-1-2-6-15(12)17/h1-7,13-14,16,20-21H,8-11H2,(H,22,23)/p+1. The third-order valence-corrected chi connectivity index (χ3v) is 4.48. The number of likely N-dealkylation sites (tertiary alicyclic amines) is 1. The van der Waals surface area contributed by atoms with E-state index in [1.54, 1.807) is 0 Å². The van der Waals surface area contributed by atoms with Gasteiger partial charge in [-0.1, -0.05) is 36.4 Å². The van der Waals surface area contributed by atoms with Crippen LogP contribution in [0, 0.1) is 0 Å². The summed E-state index contributed by atoms with van der Waals surface area (Å²) in [6.07, 6.45) is -1.21. The van der Waals surface area contributed by atoms with E-state index in [-0.39, 0.29) is 19.6 Å². The first-order chi connectivity index (χ1) is 11.5. The second kappa shape index (κ2) is 7.17. The molecule has 6 nitrogen and oxygen atoms in total. The third-order valence-electron chi connectivity index (χ3n) is 4.48. The first kappa shape index (κ1) is 16.7. The molecule has 3 rings (SSSR count). The number of benzene rings is 2. The van der Waals surface area contributed by atoms with Crippen LogP contribution in [0.3, 0.4) is 0 Å². The molecule has 2 aromatic carbocycles. The molecule has 0 amide bonds. The Morgan fingerprint density at radius 2 is 2.00 bits per heavy atom. The summed E-state index contributed by atoms with van der Waals surface area (Å²) in [6, 6.07) is 12.9. The molecular weight excluding hydrogens is 310 g/mol. The fourth-order valence-electron chi connectivity index (χ4n) is 3.34. The summed E-state index contributed by atoms with van der Waals surface area (Å²) in [7, 11) is 0. The highest BCUT2D eigenvalue weighted by molar-refractivity contribution is 5.88. The summed E-state index contributed by atoms with van der Waals surface area (Å²) in [5.41, 5.74) is 0. The zero-order valence-corrected chi connectivity index (χ0v) is 13.3. The topological polar surface area (TPSA) is 91.4 Å². The zero-order valence-electron chi connectivity index (χ0n) is 13.3. The van der Waals surface area contributed by atoms with Crippen LogP contribution in [-0.2, 0) is 4.79 Å². The van der Waals surface area contributed by atoms with E-state index in [0.29, 0.717) is 17.2 Å². The number of carboxylic acids is 1. The van der Waals surface area contributed by atoms with Crippen molar-refractivity contribution >= 4 is 16.7 Å². The van der Waals surface area contributed by atoms with Gasteiger partial charge in [0.2, 0.25) is 0 Å². The maximum Gasteiger partial charge on any atom is 0.362 e. The molecule has 1 aliphatic heterocycles. The van der Waals surface area contributed by atoms with E-state index < -0.39 is 24.2 Å². The van der Waals surface area contributed by atoms with Crippen molar-refractivity contribution in [2.75, 3.05) is 19.7 Å². The van der Waals surface area contributed by atoms with Crippen molar-refractivity contribution in [1.29, 1.82) is 0 Å². The molecule has 4 N–H and O–H groups in total. The van der Waals surface area contributed by atoms with Crippen LogP contribution in [0.1, 0.15) is 6.42 Å². The molecule has 0 aliphatic carbocycles. The number of fused-ring (bicyclic) bond motifs is 1. The highest BCUT2D eigenvalue weighted by Crippen LogP contribution is 2.25. The fraction of sp³-hybridized carbons (Fsp3) is 0.389. The van der Waals surface area contributed by atoms with E-state index in [0.717, 1.165) is 10.8 Å². The number of carboxylic acid groups (broad SMARTS) is 1. The average Bonchev–Trinajstić information content (AvgIpc) is 2.93. The molecule has 1 aliphatic rings. The number of aliphatic carboxylic acids is 1. The SMILES string of the molecule is O=C(O)C1CC(O)C[NH+]1CC(O)COc1cccc2ccccc12. The number of aliphatic hydroxyl groups excluding tert-OH is 2. The smallest absolute Gasteiger partial charge is 0.362 e. The van der Waals surface area contributed by atoms with Crippen molar-refractivity contribution in [3.63, 3.8) is 0 Å². The van der Waals surface area contributed by atoms with Gasteiger partial charge in [-0.05, 0) is 11.5 Å². The van der Waals surface area contributed by atoms with Crippen molar-refractivity contribution in [3.8, 4) is 5.75 Å². The molecule has 1 heterocycles. The monoisotopic (exact) mass is 332 g/mol. The molecule has 1 saturated heterocycles. The third kappa shape index (κ3) is 3.67. The van der Waals surface area contributed by atoms with Gasteiger partial charge in [-0.15, -0.1) is 0 Å². The number of ether oxygens (including phenoxy) is 1. The number of aliphatic hydroxyl groups is 2. The zero-order chi connectivity index (χ0) is 17.1. The second-order valence-corrected chi connectivity index (χ2v) is 6.29. The molecule has 0 saturated carbocycles. The van der Waals surface area contributed by atoms with Crippen LogP contribution in [0.15, 0.2) is 42.5 Å². The normalized spacial score (nSPS) is 24.8. The van der Waals surface area contributed by atoms with Crippen LogP contribution >= 0.6 is 0 Å². The Morgan fingerprint density at radius 3 is 2.79 bits per heavy atom. The number of rotatable bonds is 6. The lowest BCUT2D eigenvalue weighted by molar-refractivity contribution is -0.908. The van der Waals surface area contributed by atoms with Gasteiger partial charge in [0.1, 0.15) is 37.7 Å². The van der Waals surface area contributed by atoms with Crippen molar-refractivity contribution in [2.45, 2.75) is 24.7 Å². The van der Waals surface area contributed by atoms with E-state index in [9.17, 15) is 20.1 Å². The van der Waals surface area contributed by atoms with Gasteiger partial charge in [0.25, 0.3) is 0 Å². The molecule has 1 fully saturated rings.